The van der Waals surface area contributed by atoms with Crippen LogP contribution in [0.1, 0.15) is 6.92 Å². The third-order valence-corrected chi connectivity index (χ3v) is 6.47. The monoisotopic (exact) mass is 381 g/mol. The van der Waals surface area contributed by atoms with Gasteiger partial charge in [0.25, 0.3) is 0 Å². The molecule has 5 nitrogen and oxygen atoms in total. The number of aliphatic carboxylic acids is 1. The van der Waals surface area contributed by atoms with Crippen molar-refractivity contribution in [2.45, 2.75) is 11.8 Å². The number of carboxylic acid groups (broad SMARTS) is 1. The van der Waals surface area contributed by atoms with E-state index in [1.807, 2.05) is 0 Å². The number of sulfonamides is 1. The van der Waals surface area contributed by atoms with Crippen LogP contribution in [0.15, 0.2) is 27.6 Å². The molecule has 110 valence electrons. The molecule has 0 saturated carbocycles. The number of hydrogen-bond donors (Lipinski definition) is 1. The molecule has 1 fully saturated rings. The zero-order chi connectivity index (χ0) is 15.1. The quantitative estimate of drug-likeness (QED) is 0.871. The molecule has 0 aliphatic carbocycles. The first-order valence-electron chi connectivity index (χ1n) is 5.91. The molecule has 1 aromatic rings. The van der Waals surface area contributed by atoms with E-state index >= 15 is 0 Å². The van der Waals surface area contributed by atoms with Crippen molar-refractivity contribution in [1.82, 2.24) is 4.31 Å². The zero-order valence-corrected chi connectivity index (χ0v) is 13.7. The van der Waals surface area contributed by atoms with Gasteiger partial charge in [-0.25, -0.2) is 8.42 Å². The van der Waals surface area contributed by atoms with E-state index in [0.29, 0.717) is 9.50 Å². The third kappa shape index (κ3) is 2.86. The van der Waals surface area contributed by atoms with Crippen LogP contribution < -0.4 is 0 Å². The van der Waals surface area contributed by atoms with Gasteiger partial charge in [0.2, 0.25) is 10.0 Å². The highest BCUT2D eigenvalue weighted by atomic mass is 79.9. The van der Waals surface area contributed by atoms with Crippen LogP contribution in [-0.4, -0.2) is 36.9 Å². The second kappa shape index (κ2) is 5.63. The Hall–Kier alpha value is -0.630. The summed E-state index contributed by atoms with van der Waals surface area (Å²) in [5, 5.41) is 9.40. The topological polar surface area (TPSA) is 74.7 Å². The summed E-state index contributed by atoms with van der Waals surface area (Å²) in [6.45, 7) is 1.91. The molecule has 0 unspecified atom stereocenters. The van der Waals surface area contributed by atoms with Gasteiger partial charge in [-0.3, -0.25) is 4.79 Å². The SMILES string of the molecule is C[C@@H]1CN(S(=O)(=O)c2cc(Cl)ccc2Br)C[C@H]1C(=O)O. The van der Waals surface area contributed by atoms with Crippen molar-refractivity contribution >= 4 is 43.5 Å². The molecule has 1 heterocycles. The molecule has 1 aliphatic heterocycles. The van der Waals surface area contributed by atoms with Crippen LogP contribution in [0, 0.1) is 11.8 Å². The highest BCUT2D eigenvalue weighted by molar-refractivity contribution is 9.10. The summed E-state index contributed by atoms with van der Waals surface area (Å²) in [5.74, 6) is -1.87. The van der Waals surface area contributed by atoms with E-state index in [-0.39, 0.29) is 23.9 Å². The van der Waals surface area contributed by atoms with E-state index in [0.717, 1.165) is 0 Å². The second-order valence-corrected chi connectivity index (χ2v) is 8.02. The lowest BCUT2D eigenvalue weighted by Crippen LogP contribution is -2.30. The van der Waals surface area contributed by atoms with E-state index in [2.05, 4.69) is 15.9 Å². The lowest BCUT2D eigenvalue weighted by Gasteiger charge is -2.17. The Labute approximate surface area is 130 Å². The van der Waals surface area contributed by atoms with Crippen molar-refractivity contribution in [2.24, 2.45) is 11.8 Å². The van der Waals surface area contributed by atoms with Gasteiger partial charge in [-0.15, -0.1) is 0 Å². The molecule has 0 amide bonds. The van der Waals surface area contributed by atoms with Crippen LogP contribution in [0.25, 0.3) is 0 Å². The van der Waals surface area contributed by atoms with Crippen LogP contribution in [0.3, 0.4) is 0 Å². The average molecular weight is 383 g/mol. The fourth-order valence-electron chi connectivity index (χ4n) is 2.25. The first kappa shape index (κ1) is 15.8. The number of hydrogen-bond acceptors (Lipinski definition) is 3. The molecular formula is C12H13BrClNO4S. The second-order valence-electron chi connectivity index (χ2n) is 4.82. The van der Waals surface area contributed by atoms with E-state index in [1.165, 1.54) is 10.4 Å². The summed E-state index contributed by atoms with van der Waals surface area (Å²) in [5.41, 5.74) is 0. The molecule has 0 spiro atoms. The van der Waals surface area contributed by atoms with Gasteiger partial charge in [0, 0.05) is 22.6 Å². The minimum atomic E-state index is -3.75. The van der Waals surface area contributed by atoms with Gasteiger partial charge in [0.1, 0.15) is 0 Å². The maximum Gasteiger partial charge on any atom is 0.308 e. The Morgan fingerprint density at radius 2 is 2.10 bits per heavy atom. The summed E-state index contributed by atoms with van der Waals surface area (Å²) >= 11 is 9.03. The Morgan fingerprint density at radius 3 is 2.65 bits per heavy atom. The van der Waals surface area contributed by atoms with E-state index in [1.54, 1.807) is 19.1 Å². The molecule has 2 rings (SSSR count). The Bertz CT molecular complexity index is 649. The predicted octanol–water partition coefficient (Wildman–Crippen LogP) is 2.44. The fraction of sp³-hybridized carbons (Fsp3) is 0.417. The largest absolute Gasteiger partial charge is 0.481 e. The molecule has 8 heteroatoms. The van der Waals surface area contributed by atoms with Gasteiger partial charge in [-0.05, 0) is 40.0 Å². The van der Waals surface area contributed by atoms with E-state index < -0.39 is 21.9 Å². The van der Waals surface area contributed by atoms with Gasteiger partial charge in [-0.1, -0.05) is 18.5 Å². The van der Waals surface area contributed by atoms with Crippen molar-refractivity contribution in [3.8, 4) is 0 Å². The van der Waals surface area contributed by atoms with Crippen LogP contribution in [-0.2, 0) is 14.8 Å². The van der Waals surface area contributed by atoms with Gasteiger partial charge in [0.15, 0.2) is 0 Å². The fourth-order valence-corrected chi connectivity index (χ4v) is 5.01. The van der Waals surface area contributed by atoms with E-state index in [9.17, 15) is 13.2 Å². The van der Waals surface area contributed by atoms with Crippen molar-refractivity contribution in [3.63, 3.8) is 0 Å². The summed E-state index contributed by atoms with van der Waals surface area (Å²) in [6, 6.07) is 4.50. The summed E-state index contributed by atoms with van der Waals surface area (Å²) in [6.07, 6.45) is 0. The highest BCUT2D eigenvalue weighted by Gasteiger charge is 2.41. The van der Waals surface area contributed by atoms with Crippen molar-refractivity contribution in [3.05, 3.63) is 27.7 Å². The normalized spacial score (nSPS) is 23.9. The lowest BCUT2D eigenvalue weighted by molar-refractivity contribution is -0.142. The van der Waals surface area contributed by atoms with Gasteiger partial charge in [0.05, 0.1) is 10.8 Å². The third-order valence-electron chi connectivity index (χ3n) is 3.41. The Morgan fingerprint density at radius 1 is 1.45 bits per heavy atom. The molecule has 20 heavy (non-hydrogen) atoms. The van der Waals surface area contributed by atoms with Gasteiger partial charge < -0.3 is 5.11 Å². The highest BCUT2D eigenvalue weighted by Crippen LogP contribution is 2.33. The summed E-state index contributed by atoms with van der Waals surface area (Å²) in [7, 11) is -3.75. The predicted molar refractivity (Wildman–Crippen MR) is 78.2 cm³/mol. The van der Waals surface area contributed by atoms with Crippen LogP contribution in [0.2, 0.25) is 5.02 Å². The maximum atomic E-state index is 12.6. The van der Waals surface area contributed by atoms with Crippen molar-refractivity contribution < 1.29 is 18.3 Å². The Kier molecular flexibility index (Phi) is 4.44. The minimum Gasteiger partial charge on any atom is -0.481 e. The first-order valence-corrected chi connectivity index (χ1v) is 8.52. The number of carboxylic acids is 1. The van der Waals surface area contributed by atoms with Crippen molar-refractivity contribution in [2.75, 3.05) is 13.1 Å². The number of rotatable bonds is 3. The molecule has 0 radical (unpaired) electrons. The molecule has 2 atom stereocenters. The average Bonchev–Trinajstić information content (AvgIpc) is 2.75. The number of halogens is 2. The molecular weight excluding hydrogens is 370 g/mol. The zero-order valence-electron chi connectivity index (χ0n) is 10.6. The smallest absolute Gasteiger partial charge is 0.308 e. The van der Waals surface area contributed by atoms with Gasteiger partial charge in [-0.2, -0.15) is 4.31 Å². The molecule has 0 aromatic heterocycles. The number of benzene rings is 1. The molecule has 1 saturated heterocycles. The number of nitrogens with zero attached hydrogens (tertiary/aromatic N) is 1. The van der Waals surface area contributed by atoms with E-state index in [4.69, 9.17) is 16.7 Å². The van der Waals surface area contributed by atoms with Crippen LogP contribution >= 0.6 is 27.5 Å². The summed E-state index contributed by atoms with van der Waals surface area (Å²) < 4.78 is 26.7. The minimum absolute atomic E-state index is 0.0161. The Balaban J connectivity index is 2.37. The molecule has 0 bridgehead atoms. The molecule has 1 N–H and O–H groups in total. The molecule has 1 aromatic carbocycles. The molecule has 1 aliphatic rings. The standard InChI is InChI=1S/C12H13BrClNO4S/c1-7-5-15(6-9(7)12(16)17)20(18,19)11-4-8(14)2-3-10(11)13/h2-4,7,9H,5-6H2,1H3,(H,16,17)/t7-,9-/m1/s1. The van der Waals surface area contributed by atoms with Crippen LogP contribution in [0.4, 0.5) is 0 Å². The number of carbonyl (C=O) groups is 1. The maximum absolute atomic E-state index is 12.6. The van der Waals surface area contributed by atoms with Gasteiger partial charge >= 0.3 is 5.97 Å². The first-order chi connectivity index (χ1) is 9.23. The lowest BCUT2D eigenvalue weighted by atomic mass is 9.99. The summed E-state index contributed by atoms with van der Waals surface area (Å²) in [4.78, 5) is 11.1. The van der Waals surface area contributed by atoms with Crippen LogP contribution in [0.5, 0.6) is 0 Å². The van der Waals surface area contributed by atoms with Crippen molar-refractivity contribution in [1.29, 1.82) is 0 Å².